The molecule has 0 spiro atoms. The topological polar surface area (TPSA) is 53.6 Å². The summed E-state index contributed by atoms with van der Waals surface area (Å²) in [5.41, 5.74) is 1.83. The van der Waals surface area contributed by atoms with Crippen molar-refractivity contribution in [2.75, 3.05) is 13.1 Å². The molecule has 3 rings (SSSR count). The van der Waals surface area contributed by atoms with Crippen molar-refractivity contribution in [3.05, 3.63) is 22.6 Å². The molecule has 2 aromatic heterocycles. The zero-order valence-electron chi connectivity index (χ0n) is 10.2. The van der Waals surface area contributed by atoms with Crippen LogP contribution in [-0.4, -0.2) is 28.0 Å². The maximum atomic E-state index is 4.53. The van der Waals surface area contributed by atoms with Crippen molar-refractivity contribution < 1.29 is 0 Å². The van der Waals surface area contributed by atoms with E-state index in [9.17, 15) is 0 Å². The Morgan fingerprint density at radius 3 is 3.22 bits per heavy atom. The fourth-order valence-electron chi connectivity index (χ4n) is 2.55. The van der Waals surface area contributed by atoms with Gasteiger partial charge in [0.1, 0.15) is 5.82 Å². The number of nitrogens with one attached hydrogen (secondary N) is 2. The van der Waals surface area contributed by atoms with Gasteiger partial charge in [0, 0.05) is 17.1 Å². The number of aromatic amines is 1. The number of H-pyrrole nitrogens is 1. The molecule has 5 heteroatoms. The number of imidazole rings is 1. The van der Waals surface area contributed by atoms with Crippen LogP contribution in [-0.2, 0) is 6.42 Å². The monoisotopic (exact) mass is 308 g/mol. The highest BCUT2D eigenvalue weighted by Gasteiger charge is 2.13. The molecule has 0 amide bonds. The summed E-state index contributed by atoms with van der Waals surface area (Å²) in [6.07, 6.45) is 6.66. The molecule has 1 aliphatic heterocycles. The minimum Gasteiger partial charge on any atom is -0.341 e. The molecule has 96 valence electrons. The first kappa shape index (κ1) is 12.1. The average Bonchev–Trinajstić information content (AvgIpc) is 2.79. The largest absolute Gasteiger partial charge is 0.341 e. The number of hydrogen-bond acceptors (Lipinski definition) is 3. The zero-order valence-corrected chi connectivity index (χ0v) is 11.8. The van der Waals surface area contributed by atoms with Gasteiger partial charge in [0.25, 0.3) is 0 Å². The molecule has 0 radical (unpaired) electrons. The lowest BCUT2D eigenvalue weighted by Gasteiger charge is -2.22. The maximum absolute atomic E-state index is 4.53. The van der Waals surface area contributed by atoms with E-state index in [2.05, 4.69) is 36.2 Å². The maximum Gasteiger partial charge on any atom is 0.177 e. The van der Waals surface area contributed by atoms with Crippen molar-refractivity contribution in [3.8, 4) is 0 Å². The Bertz CT molecular complexity index is 531. The molecule has 1 aliphatic rings. The second-order valence-electron chi connectivity index (χ2n) is 4.96. The lowest BCUT2D eigenvalue weighted by atomic mass is 9.95. The van der Waals surface area contributed by atoms with Crippen molar-refractivity contribution in [2.45, 2.75) is 25.7 Å². The molecule has 1 atom stereocenters. The van der Waals surface area contributed by atoms with Gasteiger partial charge in [-0.15, -0.1) is 0 Å². The first-order valence-electron chi connectivity index (χ1n) is 6.52. The van der Waals surface area contributed by atoms with Gasteiger partial charge in [-0.2, -0.15) is 0 Å². The second kappa shape index (κ2) is 5.36. The standard InChI is InChI=1S/C13H17BrN4/c14-10-6-11-13(16-8-10)18-12(17-11)4-3-9-2-1-5-15-7-9/h6,8-9,15H,1-5,7H2,(H,16,17,18). The SMILES string of the molecule is Brc1cnc2nc(CCC3CCCNC3)[nH]c2c1. The molecular formula is C13H17BrN4. The van der Waals surface area contributed by atoms with Gasteiger partial charge in [-0.1, -0.05) is 0 Å². The van der Waals surface area contributed by atoms with Gasteiger partial charge in [0.2, 0.25) is 0 Å². The number of aromatic nitrogens is 3. The van der Waals surface area contributed by atoms with E-state index >= 15 is 0 Å². The summed E-state index contributed by atoms with van der Waals surface area (Å²) < 4.78 is 0.988. The number of nitrogens with zero attached hydrogens (tertiary/aromatic N) is 2. The van der Waals surface area contributed by atoms with Gasteiger partial charge in [0.15, 0.2) is 5.65 Å². The van der Waals surface area contributed by atoms with Crippen LogP contribution in [0.3, 0.4) is 0 Å². The summed E-state index contributed by atoms with van der Waals surface area (Å²) in [7, 11) is 0. The Balaban J connectivity index is 1.67. The third-order valence-corrected chi connectivity index (χ3v) is 3.98. The van der Waals surface area contributed by atoms with Gasteiger partial charge in [-0.25, -0.2) is 9.97 Å². The Kier molecular flexibility index (Phi) is 3.61. The molecule has 4 nitrogen and oxygen atoms in total. The van der Waals surface area contributed by atoms with Gasteiger partial charge in [-0.05, 0) is 60.3 Å². The molecule has 1 fully saturated rings. The smallest absolute Gasteiger partial charge is 0.177 e. The van der Waals surface area contributed by atoms with E-state index in [-0.39, 0.29) is 0 Å². The molecule has 0 aliphatic carbocycles. The van der Waals surface area contributed by atoms with E-state index in [1.54, 1.807) is 6.20 Å². The highest BCUT2D eigenvalue weighted by molar-refractivity contribution is 9.10. The summed E-state index contributed by atoms with van der Waals surface area (Å²) in [6, 6.07) is 2.03. The molecule has 0 saturated carbocycles. The van der Waals surface area contributed by atoms with Gasteiger partial charge in [-0.3, -0.25) is 0 Å². The number of rotatable bonds is 3. The summed E-state index contributed by atoms with van der Waals surface area (Å²) in [5.74, 6) is 1.85. The van der Waals surface area contributed by atoms with E-state index in [0.717, 1.165) is 40.3 Å². The quantitative estimate of drug-likeness (QED) is 0.916. The molecule has 3 heterocycles. The van der Waals surface area contributed by atoms with Crippen molar-refractivity contribution in [2.24, 2.45) is 5.92 Å². The normalized spacial score (nSPS) is 20.4. The molecule has 1 saturated heterocycles. The van der Waals surface area contributed by atoms with Crippen LogP contribution in [0.25, 0.3) is 11.2 Å². The number of pyridine rings is 1. The molecular weight excluding hydrogens is 292 g/mol. The average molecular weight is 309 g/mol. The fraction of sp³-hybridized carbons (Fsp3) is 0.538. The molecule has 0 bridgehead atoms. The van der Waals surface area contributed by atoms with Crippen LogP contribution in [0.15, 0.2) is 16.7 Å². The lowest BCUT2D eigenvalue weighted by Crippen LogP contribution is -2.29. The minimum atomic E-state index is 0.798. The van der Waals surface area contributed by atoms with Crippen LogP contribution in [0.1, 0.15) is 25.1 Å². The Morgan fingerprint density at radius 1 is 1.44 bits per heavy atom. The molecule has 0 aromatic carbocycles. The predicted octanol–water partition coefficient (Wildman–Crippen LogP) is 2.65. The Hall–Kier alpha value is -0.940. The number of aryl methyl sites for hydroxylation is 1. The van der Waals surface area contributed by atoms with Crippen LogP contribution in [0, 0.1) is 5.92 Å². The van der Waals surface area contributed by atoms with E-state index < -0.39 is 0 Å². The number of piperidine rings is 1. The summed E-state index contributed by atoms with van der Waals surface area (Å²) in [5, 5.41) is 3.46. The van der Waals surface area contributed by atoms with Crippen molar-refractivity contribution >= 4 is 27.1 Å². The van der Waals surface area contributed by atoms with E-state index in [1.165, 1.54) is 25.8 Å². The molecule has 2 N–H and O–H groups in total. The van der Waals surface area contributed by atoms with Crippen LogP contribution in [0.4, 0.5) is 0 Å². The first-order chi connectivity index (χ1) is 8.81. The van der Waals surface area contributed by atoms with Crippen LogP contribution in [0.2, 0.25) is 0 Å². The zero-order chi connectivity index (χ0) is 12.4. The van der Waals surface area contributed by atoms with Gasteiger partial charge in [0.05, 0.1) is 5.52 Å². The number of hydrogen-bond donors (Lipinski definition) is 2. The van der Waals surface area contributed by atoms with Gasteiger partial charge < -0.3 is 10.3 Å². The predicted molar refractivity (Wildman–Crippen MR) is 75.5 cm³/mol. The molecule has 1 unspecified atom stereocenters. The van der Waals surface area contributed by atoms with E-state index in [4.69, 9.17) is 0 Å². The third-order valence-electron chi connectivity index (χ3n) is 3.54. The Labute approximate surface area is 115 Å². The van der Waals surface area contributed by atoms with Crippen LogP contribution >= 0.6 is 15.9 Å². The summed E-state index contributed by atoms with van der Waals surface area (Å²) in [4.78, 5) is 12.2. The summed E-state index contributed by atoms with van der Waals surface area (Å²) >= 11 is 3.42. The highest BCUT2D eigenvalue weighted by atomic mass is 79.9. The summed E-state index contributed by atoms with van der Waals surface area (Å²) in [6.45, 7) is 2.34. The highest BCUT2D eigenvalue weighted by Crippen LogP contribution is 2.19. The van der Waals surface area contributed by atoms with E-state index in [0.29, 0.717) is 0 Å². The minimum absolute atomic E-state index is 0.798. The first-order valence-corrected chi connectivity index (χ1v) is 7.31. The second-order valence-corrected chi connectivity index (χ2v) is 5.87. The fourth-order valence-corrected chi connectivity index (χ4v) is 2.89. The lowest BCUT2D eigenvalue weighted by molar-refractivity contribution is 0.356. The number of fused-ring (bicyclic) bond motifs is 1. The van der Waals surface area contributed by atoms with Crippen molar-refractivity contribution in [1.82, 2.24) is 20.3 Å². The number of halogens is 1. The Morgan fingerprint density at radius 2 is 2.39 bits per heavy atom. The molecule has 2 aromatic rings. The van der Waals surface area contributed by atoms with E-state index in [1.807, 2.05) is 6.07 Å². The van der Waals surface area contributed by atoms with Crippen molar-refractivity contribution in [3.63, 3.8) is 0 Å². The third kappa shape index (κ3) is 2.72. The van der Waals surface area contributed by atoms with Crippen molar-refractivity contribution in [1.29, 1.82) is 0 Å². The van der Waals surface area contributed by atoms with Crippen LogP contribution in [0.5, 0.6) is 0 Å². The van der Waals surface area contributed by atoms with Gasteiger partial charge >= 0.3 is 0 Å². The van der Waals surface area contributed by atoms with Crippen LogP contribution < -0.4 is 5.32 Å². The molecule has 18 heavy (non-hydrogen) atoms.